The minimum absolute atomic E-state index is 0.167. The standard InChI is InChI=1S/C23H22N4O6S/c1-16-7-12-20(13-21(16)27(30)31)34(32,33)26-19-10-8-18(9-11-19)23(29)25-15-22(28)24-14-17-5-3-2-4-6-17/h2-13,26H,14-15H2,1H3,(H,24,28)(H,25,29). The van der Waals surface area contributed by atoms with Gasteiger partial charge in [-0.1, -0.05) is 36.4 Å². The molecule has 34 heavy (non-hydrogen) atoms. The lowest BCUT2D eigenvalue weighted by Gasteiger charge is -2.10. The lowest BCUT2D eigenvalue weighted by Crippen LogP contribution is -2.36. The number of nitro benzene ring substituents is 1. The van der Waals surface area contributed by atoms with Crippen molar-refractivity contribution >= 4 is 33.2 Å². The van der Waals surface area contributed by atoms with Crippen LogP contribution < -0.4 is 15.4 Å². The zero-order valence-electron chi connectivity index (χ0n) is 18.1. The molecule has 0 fully saturated rings. The quantitative estimate of drug-likeness (QED) is 0.316. The Morgan fingerprint density at radius 3 is 2.26 bits per heavy atom. The second kappa shape index (κ2) is 10.6. The van der Waals surface area contributed by atoms with Gasteiger partial charge >= 0.3 is 0 Å². The number of nitro groups is 1. The van der Waals surface area contributed by atoms with Crippen molar-refractivity contribution in [2.24, 2.45) is 0 Å². The van der Waals surface area contributed by atoms with E-state index in [0.717, 1.165) is 11.6 Å². The molecule has 0 spiro atoms. The first kappa shape index (κ1) is 24.4. The number of nitrogens with one attached hydrogen (secondary N) is 3. The summed E-state index contributed by atoms with van der Waals surface area (Å²) in [6, 6.07) is 18.5. The zero-order chi connectivity index (χ0) is 24.7. The summed E-state index contributed by atoms with van der Waals surface area (Å²) in [6.07, 6.45) is 0. The molecule has 0 saturated carbocycles. The molecule has 3 rings (SSSR count). The van der Waals surface area contributed by atoms with Gasteiger partial charge in [-0.05, 0) is 42.8 Å². The summed E-state index contributed by atoms with van der Waals surface area (Å²) in [7, 11) is -4.08. The minimum Gasteiger partial charge on any atom is -0.350 e. The molecule has 0 saturated heterocycles. The Morgan fingerprint density at radius 1 is 0.941 bits per heavy atom. The first-order valence-corrected chi connectivity index (χ1v) is 11.6. The van der Waals surface area contributed by atoms with E-state index in [0.29, 0.717) is 12.1 Å². The number of carbonyl (C=O) groups is 2. The first-order valence-electron chi connectivity index (χ1n) is 10.1. The summed E-state index contributed by atoms with van der Waals surface area (Å²) in [5.74, 6) is -0.854. The van der Waals surface area contributed by atoms with E-state index in [9.17, 15) is 28.1 Å². The van der Waals surface area contributed by atoms with Gasteiger partial charge in [-0.25, -0.2) is 8.42 Å². The lowest BCUT2D eigenvalue weighted by atomic mass is 10.2. The van der Waals surface area contributed by atoms with Crippen LogP contribution in [0, 0.1) is 17.0 Å². The van der Waals surface area contributed by atoms with Crippen LogP contribution in [0.4, 0.5) is 11.4 Å². The summed E-state index contributed by atoms with van der Waals surface area (Å²) >= 11 is 0. The summed E-state index contributed by atoms with van der Waals surface area (Å²) < 4.78 is 27.5. The predicted octanol–water partition coefficient (Wildman–Crippen LogP) is 2.75. The van der Waals surface area contributed by atoms with E-state index in [1.165, 1.54) is 43.3 Å². The SMILES string of the molecule is Cc1ccc(S(=O)(=O)Nc2ccc(C(=O)NCC(=O)NCc3ccccc3)cc2)cc1[N+](=O)[O-]. The molecule has 2 amide bonds. The van der Waals surface area contributed by atoms with Crippen molar-refractivity contribution in [2.45, 2.75) is 18.4 Å². The van der Waals surface area contributed by atoms with Crippen molar-refractivity contribution in [1.29, 1.82) is 0 Å². The molecule has 3 aromatic rings. The fourth-order valence-electron chi connectivity index (χ4n) is 2.98. The maximum Gasteiger partial charge on any atom is 0.273 e. The molecule has 0 radical (unpaired) electrons. The fraction of sp³-hybridized carbons (Fsp3) is 0.130. The van der Waals surface area contributed by atoms with E-state index in [-0.39, 0.29) is 34.3 Å². The van der Waals surface area contributed by atoms with Gasteiger partial charge < -0.3 is 10.6 Å². The molecule has 10 nitrogen and oxygen atoms in total. The van der Waals surface area contributed by atoms with Gasteiger partial charge in [0.05, 0.1) is 16.4 Å². The number of amides is 2. The van der Waals surface area contributed by atoms with Crippen LogP contribution in [-0.2, 0) is 21.4 Å². The number of carbonyl (C=O) groups excluding carboxylic acids is 2. The number of anilines is 1. The molecular formula is C23H22N4O6S. The molecule has 0 aliphatic heterocycles. The highest BCUT2D eigenvalue weighted by molar-refractivity contribution is 7.92. The highest BCUT2D eigenvalue weighted by Gasteiger charge is 2.20. The normalized spacial score (nSPS) is 10.9. The van der Waals surface area contributed by atoms with E-state index in [2.05, 4.69) is 15.4 Å². The Kier molecular flexibility index (Phi) is 7.59. The van der Waals surface area contributed by atoms with Gasteiger partial charge in [0.2, 0.25) is 5.91 Å². The third-order valence-corrected chi connectivity index (χ3v) is 6.21. The highest BCUT2D eigenvalue weighted by atomic mass is 32.2. The molecule has 0 bridgehead atoms. The van der Waals surface area contributed by atoms with Crippen LogP contribution in [0.25, 0.3) is 0 Å². The van der Waals surface area contributed by atoms with Gasteiger partial charge in [-0.3, -0.25) is 24.4 Å². The molecule has 0 aliphatic carbocycles. The van der Waals surface area contributed by atoms with Gasteiger partial charge in [0.1, 0.15) is 0 Å². The van der Waals surface area contributed by atoms with Crippen molar-refractivity contribution in [2.75, 3.05) is 11.3 Å². The molecular weight excluding hydrogens is 460 g/mol. The minimum atomic E-state index is -4.08. The van der Waals surface area contributed by atoms with E-state index in [4.69, 9.17) is 0 Å². The highest BCUT2D eigenvalue weighted by Crippen LogP contribution is 2.24. The van der Waals surface area contributed by atoms with Crippen LogP contribution in [-0.4, -0.2) is 31.7 Å². The Morgan fingerprint density at radius 2 is 1.62 bits per heavy atom. The van der Waals surface area contributed by atoms with Gasteiger partial charge in [0.25, 0.3) is 21.6 Å². The first-order chi connectivity index (χ1) is 16.2. The lowest BCUT2D eigenvalue weighted by molar-refractivity contribution is -0.385. The molecule has 11 heteroatoms. The van der Waals surface area contributed by atoms with Crippen LogP contribution >= 0.6 is 0 Å². The molecule has 176 valence electrons. The van der Waals surface area contributed by atoms with Gasteiger partial charge in [-0.15, -0.1) is 0 Å². The number of hydrogen-bond acceptors (Lipinski definition) is 6. The van der Waals surface area contributed by atoms with E-state index in [1.54, 1.807) is 0 Å². The van der Waals surface area contributed by atoms with Crippen molar-refractivity contribution in [3.63, 3.8) is 0 Å². The smallest absolute Gasteiger partial charge is 0.273 e. The molecule has 3 aromatic carbocycles. The van der Waals surface area contributed by atoms with Gasteiger partial charge in [-0.2, -0.15) is 0 Å². The van der Waals surface area contributed by atoms with Crippen molar-refractivity contribution in [3.8, 4) is 0 Å². The van der Waals surface area contributed by atoms with Crippen molar-refractivity contribution < 1.29 is 22.9 Å². The average molecular weight is 483 g/mol. The van der Waals surface area contributed by atoms with Gasteiger partial charge in [0.15, 0.2) is 0 Å². The number of hydrogen-bond donors (Lipinski definition) is 3. The number of benzene rings is 3. The topological polar surface area (TPSA) is 148 Å². The van der Waals surface area contributed by atoms with E-state index in [1.807, 2.05) is 30.3 Å². The summed E-state index contributed by atoms with van der Waals surface area (Å²) in [5.41, 5.74) is 1.36. The Bertz CT molecular complexity index is 1310. The molecule has 3 N–H and O–H groups in total. The maximum atomic E-state index is 12.6. The predicted molar refractivity (Wildman–Crippen MR) is 126 cm³/mol. The number of aryl methyl sites for hydroxylation is 1. The molecule has 0 atom stereocenters. The number of rotatable bonds is 9. The molecule has 0 aliphatic rings. The van der Waals surface area contributed by atoms with Crippen LogP contribution in [0.1, 0.15) is 21.5 Å². The summed E-state index contributed by atoms with van der Waals surface area (Å²) in [4.78, 5) is 34.4. The second-order valence-electron chi connectivity index (χ2n) is 7.33. The summed E-state index contributed by atoms with van der Waals surface area (Å²) in [5, 5.41) is 16.3. The molecule has 0 heterocycles. The zero-order valence-corrected chi connectivity index (χ0v) is 19.0. The largest absolute Gasteiger partial charge is 0.350 e. The van der Waals surface area contributed by atoms with Crippen LogP contribution in [0.2, 0.25) is 0 Å². The van der Waals surface area contributed by atoms with Crippen LogP contribution in [0.3, 0.4) is 0 Å². The average Bonchev–Trinajstić information content (AvgIpc) is 2.82. The second-order valence-corrected chi connectivity index (χ2v) is 9.02. The van der Waals surface area contributed by atoms with E-state index < -0.39 is 20.9 Å². The van der Waals surface area contributed by atoms with Crippen molar-refractivity contribution in [3.05, 3.63) is 99.6 Å². The number of nitrogens with zero attached hydrogens (tertiary/aromatic N) is 1. The van der Waals surface area contributed by atoms with Gasteiger partial charge in [0, 0.05) is 29.4 Å². The Hall–Kier alpha value is -4.25. The van der Waals surface area contributed by atoms with Crippen molar-refractivity contribution in [1.82, 2.24) is 10.6 Å². The Balaban J connectivity index is 1.57. The fourth-order valence-corrected chi connectivity index (χ4v) is 4.06. The maximum absolute atomic E-state index is 12.6. The Labute approximate surface area is 196 Å². The van der Waals surface area contributed by atoms with Crippen LogP contribution in [0.15, 0.2) is 77.7 Å². The monoisotopic (exact) mass is 482 g/mol. The summed E-state index contributed by atoms with van der Waals surface area (Å²) in [6.45, 7) is 1.64. The number of sulfonamides is 1. The molecule has 0 unspecified atom stereocenters. The van der Waals surface area contributed by atoms with Crippen LogP contribution in [0.5, 0.6) is 0 Å². The third-order valence-electron chi connectivity index (χ3n) is 4.83. The third kappa shape index (κ3) is 6.39. The van der Waals surface area contributed by atoms with E-state index >= 15 is 0 Å². The molecule has 0 aromatic heterocycles.